The van der Waals surface area contributed by atoms with Crippen LogP contribution >= 0.6 is 0 Å². The summed E-state index contributed by atoms with van der Waals surface area (Å²) in [7, 11) is 0. The predicted octanol–water partition coefficient (Wildman–Crippen LogP) is 3.07. The minimum Gasteiger partial charge on any atom is -0.507 e. The van der Waals surface area contributed by atoms with Crippen LogP contribution in [0.5, 0.6) is 5.75 Å². The number of rotatable bonds is 6. The van der Waals surface area contributed by atoms with Gasteiger partial charge in [-0.2, -0.15) is 0 Å². The van der Waals surface area contributed by atoms with Gasteiger partial charge in [-0.3, -0.25) is 4.79 Å². The molecule has 28 heavy (non-hydrogen) atoms. The SMILES string of the molecule is O=Cc1cc(C[C@H](Nc2onc3c2CCc2ccccc2-3)C(=O)O)ccc1O. The van der Waals surface area contributed by atoms with Gasteiger partial charge in [0.1, 0.15) is 17.5 Å². The van der Waals surface area contributed by atoms with Crippen molar-refractivity contribution in [3.8, 4) is 17.0 Å². The molecule has 4 rings (SSSR count). The zero-order chi connectivity index (χ0) is 19.7. The van der Waals surface area contributed by atoms with Crippen LogP contribution < -0.4 is 5.32 Å². The summed E-state index contributed by atoms with van der Waals surface area (Å²) < 4.78 is 5.44. The molecule has 142 valence electrons. The number of aliphatic carboxylic acids is 1. The van der Waals surface area contributed by atoms with E-state index in [1.165, 1.54) is 17.7 Å². The molecule has 1 aliphatic rings. The monoisotopic (exact) mass is 378 g/mol. The topological polar surface area (TPSA) is 113 Å². The average Bonchev–Trinajstić information content (AvgIpc) is 3.12. The fourth-order valence-electron chi connectivity index (χ4n) is 3.51. The lowest BCUT2D eigenvalue weighted by Gasteiger charge is -2.17. The number of fused-ring (bicyclic) bond motifs is 3. The van der Waals surface area contributed by atoms with Gasteiger partial charge in [0.15, 0.2) is 6.29 Å². The van der Waals surface area contributed by atoms with Crippen LogP contribution in [-0.4, -0.2) is 33.7 Å². The van der Waals surface area contributed by atoms with E-state index >= 15 is 0 Å². The van der Waals surface area contributed by atoms with Gasteiger partial charge in [-0.25, -0.2) is 4.79 Å². The first kappa shape index (κ1) is 17.8. The van der Waals surface area contributed by atoms with Crippen LogP contribution in [-0.2, 0) is 24.1 Å². The molecule has 0 saturated heterocycles. The summed E-state index contributed by atoms with van der Waals surface area (Å²) in [4.78, 5) is 22.8. The van der Waals surface area contributed by atoms with Crippen LogP contribution in [0, 0.1) is 0 Å². The van der Waals surface area contributed by atoms with Crippen molar-refractivity contribution in [1.29, 1.82) is 0 Å². The molecule has 0 radical (unpaired) electrons. The number of aromatic nitrogens is 1. The molecular formula is C21H18N2O5. The van der Waals surface area contributed by atoms with E-state index in [9.17, 15) is 19.8 Å². The Morgan fingerprint density at radius 2 is 2.07 bits per heavy atom. The zero-order valence-corrected chi connectivity index (χ0v) is 14.9. The Kier molecular flexibility index (Phi) is 4.57. The average molecular weight is 378 g/mol. The Bertz CT molecular complexity index is 1060. The molecule has 1 heterocycles. The van der Waals surface area contributed by atoms with Gasteiger partial charge in [-0.15, -0.1) is 0 Å². The number of carbonyl (C=O) groups excluding carboxylic acids is 1. The third-order valence-electron chi connectivity index (χ3n) is 4.97. The number of carboxylic acid groups (broad SMARTS) is 1. The van der Waals surface area contributed by atoms with Gasteiger partial charge in [0.05, 0.1) is 5.56 Å². The summed E-state index contributed by atoms with van der Waals surface area (Å²) >= 11 is 0. The largest absolute Gasteiger partial charge is 0.507 e. The Morgan fingerprint density at radius 1 is 1.25 bits per heavy atom. The van der Waals surface area contributed by atoms with E-state index in [0.717, 1.165) is 23.2 Å². The number of phenolic OH excluding ortho intramolecular Hbond substituents is 1. The highest BCUT2D eigenvalue weighted by Gasteiger charge is 2.27. The smallest absolute Gasteiger partial charge is 0.326 e. The minimum absolute atomic E-state index is 0.114. The lowest BCUT2D eigenvalue weighted by molar-refractivity contribution is -0.137. The molecule has 0 saturated carbocycles. The quantitative estimate of drug-likeness (QED) is 0.565. The highest BCUT2D eigenvalue weighted by molar-refractivity contribution is 5.81. The molecule has 0 amide bonds. The van der Waals surface area contributed by atoms with Gasteiger partial charge >= 0.3 is 5.97 Å². The van der Waals surface area contributed by atoms with Gasteiger partial charge in [0.2, 0.25) is 5.88 Å². The van der Waals surface area contributed by atoms with Crippen LogP contribution in [0.1, 0.15) is 27.0 Å². The molecule has 7 heteroatoms. The maximum absolute atomic E-state index is 11.8. The van der Waals surface area contributed by atoms with Crippen molar-refractivity contribution in [2.75, 3.05) is 5.32 Å². The summed E-state index contributed by atoms with van der Waals surface area (Å²) in [6.07, 6.45) is 2.19. The Balaban J connectivity index is 1.60. The van der Waals surface area contributed by atoms with Gasteiger partial charge < -0.3 is 20.1 Å². The lowest BCUT2D eigenvalue weighted by atomic mass is 9.90. The van der Waals surface area contributed by atoms with Crippen molar-refractivity contribution >= 4 is 18.1 Å². The van der Waals surface area contributed by atoms with E-state index in [0.29, 0.717) is 24.2 Å². The molecule has 0 spiro atoms. The number of hydrogen-bond donors (Lipinski definition) is 3. The summed E-state index contributed by atoms with van der Waals surface area (Å²) in [5, 5.41) is 26.3. The van der Waals surface area contributed by atoms with Crippen LogP contribution in [0.4, 0.5) is 5.88 Å². The molecule has 1 aliphatic carbocycles. The number of nitrogens with one attached hydrogen (secondary N) is 1. The maximum Gasteiger partial charge on any atom is 0.326 e. The molecule has 0 aliphatic heterocycles. The van der Waals surface area contributed by atoms with Crippen LogP contribution in [0.2, 0.25) is 0 Å². The number of aromatic hydroxyl groups is 1. The van der Waals surface area contributed by atoms with Crippen molar-refractivity contribution in [1.82, 2.24) is 5.16 Å². The van der Waals surface area contributed by atoms with Crippen LogP contribution in [0.3, 0.4) is 0 Å². The standard InChI is InChI=1S/C21H18N2O5/c24-11-14-9-12(5-8-18(14)25)10-17(21(26)27)22-20-16-7-6-13-3-1-2-4-15(13)19(16)23-28-20/h1-5,8-9,11,17,22,25H,6-7,10H2,(H,26,27)/t17-/m0/s1. The van der Waals surface area contributed by atoms with Crippen LogP contribution in [0.15, 0.2) is 47.0 Å². The van der Waals surface area contributed by atoms with E-state index in [2.05, 4.69) is 16.5 Å². The first-order valence-electron chi connectivity index (χ1n) is 8.90. The Morgan fingerprint density at radius 3 is 2.86 bits per heavy atom. The summed E-state index contributed by atoms with van der Waals surface area (Å²) in [6, 6.07) is 11.4. The second-order valence-electron chi connectivity index (χ2n) is 6.75. The van der Waals surface area contributed by atoms with Crippen molar-refractivity contribution in [3.63, 3.8) is 0 Å². The highest BCUT2D eigenvalue weighted by atomic mass is 16.5. The van der Waals surface area contributed by atoms with E-state index in [1.54, 1.807) is 6.07 Å². The first-order chi connectivity index (χ1) is 13.6. The Labute approximate surface area is 160 Å². The van der Waals surface area contributed by atoms with Crippen LogP contribution in [0.25, 0.3) is 11.3 Å². The highest BCUT2D eigenvalue weighted by Crippen LogP contribution is 2.36. The number of carboxylic acids is 1. The van der Waals surface area contributed by atoms with Crippen molar-refractivity contribution in [2.24, 2.45) is 0 Å². The molecule has 3 aromatic rings. The fourth-order valence-corrected chi connectivity index (χ4v) is 3.51. The zero-order valence-electron chi connectivity index (χ0n) is 14.9. The van der Waals surface area contributed by atoms with E-state index < -0.39 is 12.0 Å². The number of aldehydes is 1. The van der Waals surface area contributed by atoms with Crippen molar-refractivity contribution < 1.29 is 24.3 Å². The van der Waals surface area contributed by atoms with Crippen molar-refractivity contribution in [3.05, 3.63) is 64.7 Å². The minimum atomic E-state index is -1.05. The predicted molar refractivity (Wildman–Crippen MR) is 102 cm³/mol. The molecule has 7 nitrogen and oxygen atoms in total. The second-order valence-corrected chi connectivity index (χ2v) is 6.75. The number of anilines is 1. The number of carbonyl (C=O) groups is 2. The maximum atomic E-state index is 11.8. The number of phenols is 1. The van der Waals surface area contributed by atoms with Gasteiger partial charge in [0, 0.05) is 17.5 Å². The number of benzene rings is 2. The van der Waals surface area contributed by atoms with Crippen molar-refractivity contribution in [2.45, 2.75) is 25.3 Å². The fraction of sp³-hybridized carbons (Fsp3) is 0.190. The van der Waals surface area contributed by atoms with E-state index in [4.69, 9.17) is 4.52 Å². The second kappa shape index (κ2) is 7.19. The summed E-state index contributed by atoms with van der Waals surface area (Å²) in [5.74, 6) is -0.838. The van der Waals surface area contributed by atoms with Gasteiger partial charge in [-0.1, -0.05) is 35.5 Å². The third-order valence-corrected chi connectivity index (χ3v) is 4.97. The van der Waals surface area contributed by atoms with Gasteiger partial charge in [0.25, 0.3) is 0 Å². The van der Waals surface area contributed by atoms with E-state index in [1.807, 2.05) is 18.2 Å². The van der Waals surface area contributed by atoms with E-state index in [-0.39, 0.29) is 17.7 Å². The first-order valence-corrected chi connectivity index (χ1v) is 8.90. The Hall–Kier alpha value is -3.61. The lowest BCUT2D eigenvalue weighted by Crippen LogP contribution is -2.31. The molecule has 0 fully saturated rings. The molecule has 0 unspecified atom stereocenters. The third kappa shape index (κ3) is 3.22. The normalized spacial score (nSPS) is 13.3. The molecular weight excluding hydrogens is 360 g/mol. The molecule has 1 atom stereocenters. The summed E-state index contributed by atoms with van der Waals surface area (Å²) in [6.45, 7) is 0. The summed E-state index contributed by atoms with van der Waals surface area (Å²) in [5.41, 5.74) is 4.52. The number of nitrogens with zero attached hydrogens (tertiary/aromatic N) is 1. The molecule has 0 bridgehead atoms. The molecule has 1 aromatic heterocycles. The van der Waals surface area contributed by atoms with Gasteiger partial charge in [-0.05, 0) is 36.1 Å². The number of aryl methyl sites for hydroxylation is 1. The number of hydrogen-bond acceptors (Lipinski definition) is 6. The molecule has 3 N–H and O–H groups in total. The molecule has 2 aromatic carbocycles.